The summed E-state index contributed by atoms with van der Waals surface area (Å²) in [6.45, 7) is 3.55. The summed E-state index contributed by atoms with van der Waals surface area (Å²) in [6.07, 6.45) is 4.79. The minimum atomic E-state index is -3.89. The molecule has 2 rings (SSSR count). The number of H-pyrrole nitrogens is 1. The Labute approximate surface area is 124 Å². The van der Waals surface area contributed by atoms with Gasteiger partial charge in [0, 0.05) is 6.04 Å². The van der Waals surface area contributed by atoms with Gasteiger partial charge >= 0.3 is 5.97 Å². The van der Waals surface area contributed by atoms with Crippen LogP contribution in [0.15, 0.2) is 4.90 Å². The average molecular weight is 315 g/mol. The van der Waals surface area contributed by atoms with E-state index in [-0.39, 0.29) is 16.6 Å². The molecule has 21 heavy (non-hydrogen) atoms. The van der Waals surface area contributed by atoms with Crippen LogP contribution in [0.5, 0.6) is 0 Å². The minimum Gasteiger partial charge on any atom is -0.476 e. The van der Waals surface area contributed by atoms with Crippen LogP contribution >= 0.6 is 0 Å². The number of carboxylic acids is 1. The van der Waals surface area contributed by atoms with E-state index in [9.17, 15) is 13.2 Å². The maximum absolute atomic E-state index is 12.5. The van der Waals surface area contributed by atoms with Crippen molar-refractivity contribution in [2.24, 2.45) is 5.92 Å². The number of hydrogen-bond donors (Lipinski definition) is 3. The third-order valence-electron chi connectivity index (χ3n) is 4.10. The molecule has 3 N–H and O–H groups in total. The van der Waals surface area contributed by atoms with Crippen LogP contribution in [0.3, 0.4) is 0 Å². The standard InChI is InChI=1S/C13H21N3O4S/c1-3-9-6-4-5-7-10(9)16-21(19,20)12-8(2)14-15-11(12)13(17)18/h9-10,16H,3-7H2,1-2H3,(H,14,15)(H,17,18). The number of aromatic nitrogens is 2. The molecule has 1 aromatic heterocycles. The Kier molecular flexibility index (Phi) is 4.67. The molecule has 2 atom stereocenters. The summed E-state index contributed by atoms with van der Waals surface area (Å²) >= 11 is 0. The highest BCUT2D eigenvalue weighted by atomic mass is 32.2. The van der Waals surface area contributed by atoms with E-state index in [4.69, 9.17) is 5.11 Å². The summed E-state index contributed by atoms with van der Waals surface area (Å²) in [5.41, 5.74) is -0.215. The van der Waals surface area contributed by atoms with Gasteiger partial charge in [-0.1, -0.05) is 26.2 Å². The van der Waals surface area contributed by atoms with Crippen LogP contribution in [0.4, 0.5) is 0 Å². The summed E-state index contributed by atoms with van der Waals surface area (Å²) in [7, 11) is -3.89. The predicted octanol–water partition coefficient (Wildman–Crippen LogP) is 1.66. The zero-order valence-electron chi connectivity index (χ0n) is 12.2. The van der Waals surface area contributed by atoms with Gasteiger partial charge in [-0.3, -0.25) is 5.10 Å². The molecule has 8 heteroatoms. The second-order valence-corrected chi connectivity index (χ2v) is 7.16. The number of aryl methyl sites for hydroxylation is 1. The van der Waals surface area contributed by atoms with Gasteiger partial charge in [-0.15, -0.1) is 0 Å². The van der Waals surface area contributed by atoms with Gasteiger partial charge in [0.25, 0.3) is 0 Å². The molecule has 0 aliphatic heterocycles. The van der Waals surface area contributed by atoms with Crippen LogP contribution in [0, 0.1) is 12.8 Å². The van der Waals surface area contributed by atoms with Crippen molar-refractivity contribution in [1.82, 2.24) is 14.9 Å². The maximum Gasteiger partial charge on any atom is 0.357 e. The van der Waals surface area contributed by atoms with Crippen molar-refractivity contribution in [3.63, 3.8) is 0 Å². The fraction of sp³-hybridized carbons (Fsp3) is 0.692. The van der Waals surface area contributed by atoms with Crippen LogP contribution in [-0.2, 0) is 10.0 Å². The summed E-state index contributed by atoms with van der Waals surface area (Å²) < 4.78 is 27.8. The Hall–Kier alpha value is -1.41. The second kappa shape index (κ2) is 6.15. The number of carboxylic acid groups (broad SMARTS) is 1. The van der Waals surface area contributed by atoms with E-state index >= 15 is 0 Å². The lowest BCUT2D eigenvalue weighted by molar-refractivity contribution is 0.0686. The molecule has 2 unspecified atom stereocenters. The van der Waals surface area contributed by atoms with Crippen LogP contribution in [0.25, 0.3) is 0 Å². The maximum atomic E-state index is 12.5. The Morgan fingerprint density at radius 2 is 2.10 bits per heavy atom. The zero-order chi connectivity index (χ0) is 15.6. The Morgan fingerprint density at radius 1 is 1.43 bits per heavy atom. The summed E-state index contributed by atoms with van der Waals surface area (Å²) in [5, 5.41) is 15.1. The van der Waals surface area contributed by atoms with Crippen LogP contribution in [0.1, 0.15) is 55.2 Å². The number of nitrogens with one attached hydrogen (secondary N) is 2. The molecule has 1 fully saturated rings. The number of nitrogens with zero attached hydrogens (tertiary/aromatic N) is 1. The normalized spacial score (nSPS) is 23.1. The van der Waals surface area contributed by atoms with Gasteiger partial charge in [-0.25, -0.2) is 17.9 Å². The van der Waals surface area contributed by atoms with Crippen LogP contribution in [-0.4, -0.2) is 35.7 Å². The minimum absolute atomic E-state index is 0.135. The molecule has 0 spiro atoms. The van der Waals surface area contributed by atoms with E-state index in [2.05, 4.69) is 14.9 Å². The topological polar surface area (TPSA) is 112 Å². The number of aromatic amines is 1. The lowest BCUT2D eigenvalue weighted by atomic mass is 9.83. The van der Waals surface area contributed by atoms with Gasteiger partial charge in [-0.2, -0.15) is 5.10 Å². The third kappa shape index (κ3) is 3.26. The highest BCUT2D eigenvalue weighted by Crippen LogP contribution is 2.28. The van der Waals surface area contributed by atoms with Gasteiger partial charge in [0.1, 0.15) is 4.90 Å². The first-order valence-corrected chi connectivity index (χ1v) is 8.65. The second-order valence-electron chi connectivity index (χ2n) is 5.51. The number of carbonyl (C=O) groups is 1. The largest absolute Gasteiger partial charge is 0.476 e. The van der Waals surface area contributed by atoms with Crippen molar-refractivity contribution in [3.8, 4) is 0 Å². The van der Waals surface area contributed by atoms with E-state index in [1.165, 1.54) is 6.92 Å². The fourth-order valence-electron chi connectivity index (χ4n) is 3.00. The quantitative estimate of drug-likeness (QED) is 0.765. The van der Waals surface area contributed by atoms with Gasteiger partial charge < -0.3 is 5.11 Å². The number of hydrogen-bond acceptors (Lipinski definition) is 4. The van der Waals surface area contributed by atoms with E-state index in [0.717, 1.165) is 32.1 Å². The van der Waals surface area contributed by atoms with Gasteiger partial charge in [-0.05, 0) is 25.7 Å². The van der Waals surface area contributed by atoms with Crippen molar-refractivity contribution in [2.75, 3.05) is 0 Å². The Balaban J connectivity index is 2.30. The first-order chi connectivity index (χ1) is 9.86. The van der Waals surface area contributed by atoms with Crippen molar-refractivity contribution >= 4 is 16.0 Å². The molecule has 1 saturated carbocycles. The predicted molar refractivity (Wildman–Crippen MR) is 76.6 cm³/mol. The van der Waals surface area contributed by atoms with E-state index in [1.54, 1.807) is 0 Å². The summed E-state index contributed by atoms with van der Waals surface area (Å²) in [5.74, 6) is -1.05. The zero-order valence-corrected chi connectivity index (χ0v) is 13.0. The van der Waals surface area contributed by atoms with Gasteiger partial charge in [0.15, 0.2) is 5.69 Å². The van der Waals surface area contributed by atoms with Gasteiger partial charge in [0.05, 0.1) is 5.69 Å². The van der Waals surface area contributed by atoms with Gasteiger partial charge in [0.2, 0.25) is 10.0 Å². The van der Waals surface area contributed by atoms with E-state index in [0.29, 0.717) is 5.92 Å². The molecule has 7 nitrogen and oxygen atoms in total. The SMILES string of the molecule is CCC1CCCCC1NS(=O)(=O)c1c(C(=O)O)n[nH]c1C. The molecular formula is C13H21N3O4S. The first-order valence-electron chi connectivity index (χ1n) is 7.17. The summed E-state index contributed by atoms with van der Waals surface area (Å²) in [4.78, 5) is 10.9. The van der Waals surface area contributed by atoms with E-state index in [1.807, 2.05) is 6.92 Å². The molecule has 1 aliphatic rings. The van der Waals surface area contributed by atoms with Crippen LogP contribution in [0.2, 0.25) is 0 Å². The van der Waals surface area contributed by atoms with Crippen molar-refractivity contribution in [1.29, 1.82) is 0 Å². The fourth-order valence-corrected chi connectivity index (χ4v) is 4.67. The Morgan fingerprint density at radius 3 is 2.71 bits per heavy atom. The molecule has 0 aromatic carbocycles. The highest BCUT2D eigenvalue weighted by molar-refractivity contribution is 7.89. The van der Waals surface area contributed by atoms with Crippen LogP contribution < -0.4 is 4.72 Å². The molecule has 118 valence electrons. The number of rotatable bonds is 5. The molecular weight excluding hydrogens is 294 g/mol. The smallest absolute Gasteiger partial charge is 0.357 e. The molecule has 0 radical (unpaired) electrons. The Bertz CT molecular complexity index is 623. The summed E-state index contributed by atoms with van der Waals surface area (Å²) in [6, 6.07) is -0.135. The lowest BCUT2D eigenvalue weighted by Gasteiger charge is -2.31. The molecule has 0 saturated heterocycles. The molecule has 1 heterocycles. The lowest BCUT2D eigenvalue weighted by Crippen LogP contribution is -2.42. The third-order valence-corrected chi connectivity index (χ3v) is 5.75. The van der Waals surface area contributed by atoms with Crippen molar-refractivity contribution in [2.45, 2.75) is 56.9 Å². The number of sulfonamides is 1. The average Bonchev–Trinajstić information content (AvgIpc) is 2.82. The molecule has 1 aromatic rings. The highest BCUT2D eigenvalue weighted by Gasteiger charge is 2.33. The monoisotopic (exact) mass is 315 g/mol. The first kappa shape index (κ1) is 16.0. The number of aromatic carboxylic acids is 1. The van der Waals surface area contributed by atoms with Crippen molar-refractivity contribution < 1.29 is 18.3 Å². The molecule has 0 bridgehead atoms. The molecule has 0 amide bonds. The molecule has 1 aliphatic carbocycles. The van der Waals surface area contributed by atoms with E-state index < -0.39 is 21.7 Å². The van der Waals surface area contributed by atoms with Crippen molar-refractivity contribution in [3.05, 3.63) is 11.4 Å².